The van der Waals surface area contributed by atoms with Crippen molar-refractivity contribution in [1.29, 1.82) is 0 Å². The molecule has 1 heterocycles. The quantitative estimate of drug-likeness (QED) is 0.536. The number of unbranched alkanes of at least 4 members (excludes halogenated alkanes) is 2. The predicted octanol–water partition coefficient (Wildman–Crippen LogP) is 1.12. The average molecular weight is 252 g/mol. The molecule has 0 spiro atoms. The van der Waals surface area contributed by atoms with E-state index in [4.69, 9.17) is 9.84 Å². The molecule has 0 radical (unpaired) electrons. The van der Waals surface area contributed by atoms with E-state index in [-0.39, 0.29) is 12.6 Å². The second-order valence-corrected chi connectivity index (χ2v) is 3.95. The van der Waals surface area contributed by atoms with Crippen LogP contribution in [0.4, 0.5) is 0 Å². The highest BCUT2D eigenvalue weighted by atomic mass is 16.5. The number of ether oxygens (including phenoxy) is 1. The molecule has 1 aromatic heterocycles. The second kappa shape index (κ2) is 8.60. The molecule has 0 saturated carbocycles. The van der Waals surface area contributed by atoms with E-state index in [1.807, 2.05) is 0 Å². The van der Waals surface area contributed by atoms with Gasteiger partial charge in [-0.1, -0.05) is 0 Å². The summed E-state index contributed by atoms with van der Waals surface area (Å²) in [5.74, 6) is -0.361. The van der Waals surface area contributed by atoms with Gasteiger partial charge in [0.1, 0.15) is 0 Å². The van der Waals surface area contributed by atoms with Gasteiger partial charge in [-0.25, -0.2) is 4.79 Å². The summed E-state index contributed by atoms with van der Waals surface area (Å²) in [7, 11) is 1.36. The number of aromatic nitrogens is 1. The first-order valence-corrected chi connectivity index (χ1v) is 6.13. The van der Waals surface area contributed by atoms with Gasteiger partial charge < -0.3 is 15.2 Å². The van der Waals surface area contributed by atoms with Gasteiger partial charge in [-0.2, -0.15) is 0 Å². The van der Waals surface area contributed by atoms with Crippen molar-refractivity contribution in [2.24, 2.45) is 0 Å². The molecule has 0 bridgehead atoms. The maximum atomic E-state index is 11.5. The third kappa shape index (κ3) is 4.81. The highest BCUT2D eigenvalue weighted by Crippen LogP contribution is 2.06. The highest BCUT2D eigenvalue weighted by Gasteiger charge is 2.11. The third-order valence-electron chi connectivity index (χ3n) is 2.60. The molecule has 0 fully saturated rings. The number of aliphatic hydroxyl groups is 1. The SMILES string of the molecule is COC(=O)c1cccnc1CNCCCCCO. The lowest BCUT2D eigenvalue weighted by Crippen LogP contribution is -2.18. The monoisotopic (exact) mass is 252 g/mol. The Morgan fingerprint density at radius 2 is 2.28 bits per heavy atom. The van der Waals surface area contributed by atoms with Gasteiger partial charge >= 0.3 is 5.97 Å². The molecule has 0 atom stereocenters. The van der Waals surface area contributed by atoms with Gasteiger partial charge in [0, 0.05) is 19.3 Å². The molecule has 0 amide bonds. The van der Waals surface area contributed by atoms with E-state index in [1.54, 1.807) is 18.3 Å². The largest absolute Gasteiger partial charge is 0.465 e. The molecule has 2 N–H and O–H groups in total. The van der Waals surface area contributed by atoms with Crippen molar-refractivity contribution in [3.05, 3.63) is 29.6 Å². The van der Waals surface area contributed by atoms with Crippen LogP contribution in [0.25, 0.3) is 0 Å². The van der Waals surface area contributed by atoms with E-state index in [0.29, 0.717) is 17.8 Å². The normalized spacial score (nSPS) is 10.3. The summed E-state index contributed by atoms with van der Waals surface area (Å²) < 4.78 is 4.70. The molecule has 0 unspecified atom stereocenters. The Hall–Kier alpha value is -1.46. The van der Waals surface area contributed by atoms with Crippen LogP contribution in [0.2, 0.25) is 0 Å². The number of carbonyl (C=O) groups excluding carboxylic acids is 1. The number of aliphatic hydroxyl groups excluding tert-OH is 1. The van der Waals surface area contributed by atoms with Gasteiger partial charge in [0.15, 0.2) is 0 Å². The van der Waals surface area contributed by atoms with E-state index in [0.717, 1.165) is 25.8 Å². The lowest BCUT2D eigenvalue weighted by Gasteiger charge is -2.07. The van der Waals surface area contributed by atoms with Gasteiger partial charge in [-0.05, 0) is 37.9 Å². The molecule has 5 nitrogen and oxygen atoms in total. The zero-order chi connectivity index (χ0) is 13.2. The van der Waals surface area contributed by atoms with Gasteiger partial charge in [-0.15, -0.1) is 0 Å². The molecular weight excluding hydrogens is 232 g/mol. The minimum atomic E-state index is -0.361. The number of nitrogens with one attached hydrogen (secondary N) is 1. The van der Waals surface area contributed by atoms with Crippen molar-refractivity contribution in [3.63, 3.8) is 0 Å². The van der Waals surface area contributed by atoms with Crippen molar-refractivity contribution >= 4 is 5.97 Å². The molecule has 0 aromatic carbocycles. The van der Waals surface area contributed by atoms with Crippen LogP contribution >= 0.6 is 0 Å². The lowest BCUT2D eigenvalue weighted by molar-refractivity contribution is 0.0598. The minimum absolute atomic E-state index is 0.243. The Kier molecular flexibility index (Phi) is 6.98. The Morgan fingerprint density at radius 3 is 3.00 bits per heavy atom. The maximum Gasteiger partial charge on any atom is 0.339 e. The van der Waals surface area contributed by atoms with E-state index in [9.17, 15) is 4.79 Å². The number of nitrogens with zero attached hydrogens (tertiary/aromatic N) is 1. The highest BCUT2D eigenvalue weighted by molar-refractivity contribution is 5.90. The number of esters is 1. The number of methoxy groups -OCH3 is 1. The number of hydrogen-bond donors (Lipinski definition) is 2. The summed E-state index contributed by atoms with van der Waals surface area (Å²) in [5, 5.41) is 11.9. The average Bonchev–Trinajstić information content (AvgIpc) is 2.42. The molecular formula is C13H20N2O3. The Morgan fingerprint density at radius 1 is 1.44 bits per heavy atom. The minimum Gasteiger partial charge on any atom is -0.465 e. The number of rotatable bonds is 8. The fourth-order valence-electron chi connectivity index (χ4n) is 1.62. The van der Waals surface area contributed by atoms with Crippen LogP contribution in [0.1, 0.15) is 35.3 Å². The third-order valence-corrected chi connectivity index (χ3v) is 2.60. The summed E-state index contributed by atoms with van der Waals surface area (Å²) >= 11 is 0. The van der Waals surface area contributed by atoms with Crippen molar-refractivity contribution in [1.82, 2.24) is 10.3 Å². The number of pyridine rings is 1. The van der Waals surface area contributed by atoms with Crippen LogP contribution in [-0.4, -0.2) is 36.3 Å². The summed E-state index contributed by atoms with van der Waals surface area (Å²) in [6.45, 7) is 1.63. The van der Waals surface area contributed by atoms with Crippen molar-refractivity contribution in [2.75, 3.05) is 20.3 Å². The molecule has 0 aliphatic heterocycles. The Labute approximate surface area is 107 Å². The fraction of sp³-hybridized carbons (Fsp3) is 0.538. The van der Waals surface area contributed by atoms with E-state index >= 15 is 0 Å². The topological polar surface area (TPSA) is 71.5 Å². The zero-order valence-electron chi connectivity index (χ0n) is 10.7. The molecule has 18 heavy (non-hydrogen) atoms. The van der Waals surface area contributed by atoms with E-state index in [2.05, 4.69) is 10.3 Å². The smallest absolute Gasteiger partial charge is 0.339 e. The standard InChI is InChI=1S/C13H20N2O3/c1-18-13(17)11-6-5-8-15-12(11)10-14-7-3-2-4-9-16/h5-6,8,14,16H,2-4,7,9-10H2,1H3. The van der Waals surface area contributed by atoms with Crippen molar-refractivity contribution in [3.8, 4) is 0 Å². The molecule has 0 aliphatic carbocycles. The van der Waals surface area contributed by atoms with Crippen LogP contribution in [-0.2, 0) is 11.3 Å². The van der Waals surface area contributed by atoms with Gasteiger partial charge in [-0.3, -0.25) is 4.98 Å². The van der Waals surface area contributed by atoms with Crippen LogP contribution < -0.4 is 5.32 Å². The summed E-state index contributed by atoms with van der Waals surface area (Å²) in [4.78, 5) is 15.7. The van der Waals surface area contributed by atoms with Crippen molar-refractivity contribution < 1.29 is 14.6 Å². The lowest BCUT2D eigenvalue weighted by atomic mass is 10.2. The Bertz CT molecular complexity index is 369. The van der Waals surface area contributed by atoms with Crippen molar-refractivity contribution in [2.45, 2.75) is 25.8 Å². The first-order valence-electron chi connectivity index (χ1n) is 6.13. The van der Waals surface area contributed by atoms with E-state index < -0.39 is 0 Å². The Balaban J connectivity index is 2.39. The van der Waals surface area contributed by atoms with Gasteiger partial charge in [0.25, 0.3) is 0 Å². The molecule has 100 valence electrons. The first kappa shape index (κ1) is 14.6. The van der Waals surface area contributed by atoms with Crippen LogP contribution in [0.5, 0.6) is 0 Å². The van der Waals surface area contributed by atoms with Gasteiger partial charge in [0.05, 0.1) is 18.4 Å². The molecule has 1 aromatic rings. The summed E-state index contributed by atoms with van der Waals surface area (Å²) in [5.41, 5.74) is 1.20. The van der Waals surface area contributed by atoms with Crippen LogP contribution in [0.3, 0.4) is 0 Å². The summed E-state index contributed by atoms with van der Waals surface area (Å²) in [6.07, 6.45) is 4.49. The van der Waals surface area contributed by atoms with E-state index in [1.165, 1.54) is 7.11 Å². The zero-order valence-corrected chi connectivity index (χ0v) is 10.7. The first-order chi connectivity index (χ1) is 8.79. The molecule has 1 rings (SSSR count). The summed E-state index contributed by atoms with van der Waals surface area (Å²) in [6, 6.07) is 3.43. The van der Waals surface area contributed by atoms with Crippen LogP contribution in [0.15, 0.2) is 18.3 Å². The second-order valence-electron chi connectivity index (χ2n) is 3.95. The molecule has 5 heteroatoms. The molecule has 0 saturated heterocycles. The molecule has 0 aliphatic rings. The van der Waals surface area contributed by atoms with Gasteiger partial charge in [0.2, 0.25) is 0 Å². The fourth-order valence-corrected chi connectivity index (χ4v) is 1.62. The predicted molar refractivity (Wildman–Crippen MR) is 68.2 cm³/mol. The number of carbonyl (C=O) groups is 1. The van der Waals surface area contributed by atoms with Crippen LogP contribution in [0, 0.1) is 0 Å². The number of hydrogen-bond acceptors (Lipinski definition) is 5. The maximum absolute atomic E-state index is 11.5.